The maximum atomic E-state index is 12.0. The van der Waals surface area contributed by atoms with Gasteiger partial charge < -0.3 is 9.80 Å². The predicted molar refractivity (Wildman–Crippen MR) is 125 cm³/mol. The molecule has 7 nitrogen and oxygen atoms in total. The molecule has 3 aromatic rings. The van der Waals surface area contributed by atoms with Crippen LogP contribution in [0.4, 0.5) is 5.95 Å². The molecule has 2 aromatic heterocycles. The van der Waals surface area contributed by atoms with E-state index in [2.05, 4.69) is 44.5 Å². The van der Waals surface area contributed by atoms with E-state index in [0.29, 0.717) is 25.6 Å². The molecule has 0 N–H and O–H groups in total. The fraction of sp³-hybridized carbons (Fsp3) is 0.320. The average Bonchev–Trinajstić information content (AvgIpc) is 2.82. The third kappa shape index (κ3) is 4.30. The topological polar surface area (TPSA) is 75.1 Å². The molecule has 1 aliphatic rings. The van der Waals surface area contributed by atoms with Crippen LogP contribution in [0.5, 0.6) is 0 Å². The highest BCUT2D eigenvalue weighted by atomic mass is 16.2. The molecule has 0 bridgehead atoms. The van der Waals surface area contributed by atoms with E-state index >= 15 is 0 Å². The number of hydrogen-bond acceptors (Lipinski definition) is 6. The van der Waals surface area contributed by atoms with Crippen LogP contribution in [-0.2, 0) is 17.6 Å². The zero-order valence-corrected chi connectivity index (χ0v) is 18.5. The average molecular weight is 427 g/mol. The van der Waals surface area contributed by atoms with Gasteiger partial charge in [-0.25, -0.2) is 19.9 Å². The number of carbonyl (C=O) groups is 1. The summed E-state index contributed by atoms with van der Waals surface area (Å²) in [7, 11) is 0. The van der Waals surface area contributed by atoms with E-state index in [1.54, 1.807) is 12.5 Å². The third-order valence-electron chi connectivity index (χ3n) is 5.91. The Kier molecular flexibility index (Phi) is 6.13. The second kappa shape index (κ2) is 9.15. The van der Waals surface area contributed by atoms with Crippen molar-refractivity contribution in [3.63, 3.8) is 0 Å². The fourth-order valence-corrected chi connectivity index (χ4v) is 4.12. The summed E-state index contributed by atoms with van der Waals surface area (Å²) in [5.41, 5.74) is 5.62. The Labute approximate surface area is 188 Å². The number of rotatable bonds is 5. The number of benzene rings is 1. The Morgan fingerprint density at radius 3 is 2.84 bits per heavy atom. The van der Waals surface area contributed by atoms with Gasteiger partial charge in [-0.05, 0) is 50.0 Å². The minimum absolute atomic E-state index is 0.0437. The molecule has 1 amide bonds. The van der Waals surface area contributed by atoms with Crippen molar-refractivity contribution in [1.82, 2.24) is 24.8 Å². The van der Waals surface area contributed by atoms with Gasteiger partial charge in [0.1, 0.15) is 17.4 Å². The summed E-state index contributed by atoms with van der Waals surface area (Å²) in [6, 6.07) is 6.23. The van der Waals surface area contributed by atoms with Crippen molar-refractivity contribution in [2.75, 3.05) is 24.5 Å². The maximum absolute atomic E-state index is 12.0. The summed E-state index contributed by atoms with van der Waals surface area (Å²) in [5.74, 6) is 3.30. The standard InChI is InChI=1S/C25H26N6O/c1-5-20-9-7-19(13-17(20)3)8-10-21-24-22(28-16-27-21)14-26-25(29-24)30-11-12-31(18(4)15-30)23(32)6-2/h1,6-7,9,13-14,16,18H,2,8,10-12,15H2,3-4H3/t18-/m0/s1. The monoisotopic (exact) mass is 426 g/mol. The van der Waals surface area contributed by atoms with E-state index < -0.39 is 0 Å². The number of carbonyl (C=O) groups excluding carboxylic acids is 1. The van der Waals surface area contributed by atoms with Crippen LogP contribution in [0, 0.1) is 19.3 Å². The van der Waals surface area contributed by atoms with Crippen LogP contribution in [0.15, 0.2) is 43.4 Å². The van der Waals surface area contributed by atoms with Crippen molar-refractivity contribution in [3.05, 3.63) is 65.8 Å². The Morgan fingerprint density at radius 2 is 2.12 bits per heavy atom. The lowest BCUT2D eigenvalue weighted by Crippen LogP contribution is -2.54. The molecule has 1 fully saturated rings. The van der Waals surface area contributed by atoms with Crippen molar-refractivity contribution in [3.8, 4) is 12.3 Å². The zero-order valence-electron chi connectivity index (χ0n) is 18.5. The number of aryl methyl sites for hydroxylation is 3. The van der Waals surface area contributed by atoms with Gasteiger partial charge >= 0.3 is 0 Å². The molecule has 4 rings (SSSR count). The van der Waals surface area contributed by atoms with Crippen molar-refractivity contribution in [2.24, 2.45) is 0 Å². The minimum atomic E-state index is -0.0437. The largest absolute Gasteiger partial charge is 0.337 e. The summed E-state index contributed by atoms with van der Waals surface area (Å²) in [6.07, 6.45) is 11.8. The van der Waals surface area contributed by atoms with Crippen molar-refractivity contribution >= 4 is 22.9 Å². The number of aromatic nitrogens is 4. The quantitative estimate of drug-likeness (QED) is 0.461. The van der Waals surface area contributed by atoms with Crippen LogP contribution in [-0.4, -0.2) is 56.4 Å². The number of hydrogen-bond donors (Lipinski definition) is 0. The van der Waals surface area contributed by atoms with Crippen LogP contribution in [0.3, 0.4) is 0 Å². The predicted octanol–water partition coefficient (Wildman–Crippen LogP) is 2.72. The SMILES string of the molecule is C#Cc1ccc(CCc2ncnc3cnc(N4CCN(C(=O)C=C)[C@@H](C)C4)nc23)cc1C. The van der Waals surface area contributed by atoms with Crippen LogP contribution in [0.25, 0.3) is 11.0 Å². The van der Waals surface area contributed by atoms with E-state index in [-0.39, 0.29) is 11.9 Å². The summed E-state index contributed by atoms with van der Waals surface area (Å²) in [6.45, 7) is 9.58. The van der Waals surface area contributed by atoms with Gasteiger partial charge in [-0.1, -0.05) is 24.6 Å². The number of fused-ring (bicyclic) bond motifs is 1. The highest BCUT2D eigenvalue weighted by molar-refractivity contribution is 5.87. The second-order valence-electron chi connectivity index (χ2n) is 8.05. The van der Waals surface area contributed by atoms with Gasteiger partial charge in [0.2, 0.25) is 11.9 Å². The van der Waals surface area contributed by atoms with E-state index in [1.807, 2.05) is 24.8 Å². The third-order valence-corrected chi connectivity index (χ3v) is 5.91. The maximum Gasteiger partial charge on any atom is 0.246 e. The summed E-state index contributed by atoms with van der Waals surface area (Å²) in [4.78, 5) is 34.1. The molecular formula is C25H26N6O. The van der Waals surface area contributed by atoms with Gasteiger partial charge in [-0.2, -0.15) is 0 Å². The number of amides is 1. The first-order valence-corrected chi connectivity index (χ1v) is 10.7. The molecule has 0 saturated carbocycles. The molecule has 1 aromatic carbocycles. The highest BCUT2D eigenvalue weighted by Gasteiger charge is 2.27. The van der Waals surface area contributed by atoms with Gasteiger partial charge in [-0.15, -0.1) is 6.42 Å². The molecule has 32 heavy (non-hydrogen) atoms. The lowest BCUT2D eigenvalue weighted by atomic mass is 10.0. The Bertz CT molecular complexity index is 1210. The molecule has 0 spiro atoms. The summed E-state index contributed by atoms with van der Waals surface area (Å²) in [5, 5.41) is 0. The molecule has 0 unspecified atom stereocenters. The fourth-order valence-electron chi connectivity index (χ4n) is 4.12. The minimum Gasteiger partial charge on any atom is -0.337 e. The van der Waals surface area contributed by atoms with E-state index in [4.69, 9.17) is 11.4 Å². The molecular weight excluding hydrogens is 400 g/mol. The Morgan fingerprint density at radius 1 is 1.28 bits per heavy atom. The van der Waals surface area contributed by atoms with Gasteiger partial charge in [0.05, 0.1) is 11.9 Å². The first-order valence-electron chi connectivity index (χ1n) is 10.7. The molecule has 1 saturated heterocycles. The number of terminal acetylenes is 1. The summed E-state index contributed by atoms with van der Waals surface area (Å²) >= 11 is 0. The van der Waals surface area contributed by atoms with Crippen LogP contribution in [0.1, 0.15) is 29.3 Å². The van der Waals surface area contributed by atoms with E-state index in [0.717, 1.165) is 40.7 Å². The van der Waals surface area contributed by atoms with E-state index in [1.165, 1.54) is 11.6 Å². The Hall–Kier alpha value is -3.79. The van der Waals surface area contributed by atoms with Crippen LogP contribution in [0.2, 0.25) is 0 Å². The van der Waals surface area contributed by atoms with E-state index in [9.17, 15) is 4.79 Å². The molecule has 0 aliphatic carbocycles. The molecule has 162 valence electrons. The highest BCUT2D eigenvalue weighted by Crippen LogP contribution is 2.21. The van der Waals surface area contributed by atoms with Crippen molar-refractivity contribution in [2.45, 2.75) is 32.7 Å². The first-order chi connectivity index (χ1) is 15.5. The zero-order chi connectivity index (χ0) is 22.7. The van der Waals surface area contributed by atoms with Gasteiger partial charge in [0.15, 0.2) is 0 Å². The smallest absolute Gasteiger partial charge is 0.246 e. The van der Waals surface area contributed by atoms with Crippen LogP contribution < -0.4 is 4.90 Å². The molecule has 1 aliphatic heterocycles. The normalized spacial score (nSPS) is 16.1. The van der Waals surface area contributed by atoms with Crippen molar-refractivity contribution < 1.29 is 4.79 Å². The lowest BCUT2D eigenvalue weighted by Gasteiger charge is -2.39. The molecule has 3 heterocycles. The second-order valence-corrected chi connectivity index (χ2v) is 8.05. The molecule has 1 atom stereocenters. The van der Waals surface area contributed by atoms with Crippen molar-refractivity contribution in [1.29, 1.82) is 0 Å². The first kappa shape index (κ1) is 21.4. The number of anilines is 1. The van der Waals surface area contributed by atoms with Gasteiger partial charge in [0, 0.05) is 31.2 Å². The Balaban J connectivity index is 1.55. The number of piperazine rings is 1. The van der Waals surface area contributed by atoms with Gasteiger partial charge in [0.25, 0.3) is 0 Å². The van der Waals surface area contributed by atoms with Crippen LogP contribution >= 0.6 is 0 Å². The molecule has 0 radical (unpaired) electrons. The number of nitrogens with zero attached hydrogens (tertiary/aromatic N) is 6. The van der Waals surface area contributed by atoms with Gasteiger partial charge in [-0.3, -0.25) is 4.79 Å². The summed E-state index contributed by atoms with van der Waals surface area (Å²) < 4.78 is 0. The molecule has 7 heteroatoms. The lowest BCUT2D eigenvalue weighted by molar-refractivity contribution is -0.128.